The van der Waals surface area contributed by atoms with Crippen LogP contribution in [0.25, 0.3) is 11.3 Å². The van der Waals surface area contributed by atoms with Crippen molar-refractivity contribution in [1.29, 1.82) is 0 Å². The van der Waals surface area contributed by atoms with E-state index >= 15 is 0 Å². The smallest absolute Gasteiger partial charge is 0.149 e. The van der Waals surface area contributed by atoms with Crippen LogP contribution in [0.1, 0.15) is 30.9 Å². The molecular formula is C13H16FN3. The summed E-state index contributed by atoms with van der Waals surface area (Å²) in [4.78, 5) is 0. The van der Waals surface area contributed by atoms with E-state index in [0.29, 0.717) is 22.6 Å². The minimum absolute atomic E-state index is 0.198. The molecule has 2 aromatic rings. The van der Waals surface area contributed by atoms with Gasteiger partial charge in [-0.25, -0.2) is 4.39 Å². The highest BCUT2D eigenvalue weighted by Crippen LogP contribution is 2.33. The van der Waals surface area contributed by atoms with E-state index in [2.05, 4.69) is 10.2 Å². The average Bonchev–Trinajstić information content (AvgIpc) is 2.64. The Morgan fingerprint density at radius 1 is 1.35 bits per heavy atom. The van der Waals surface area contributed by atoms with Crippen molar-refractivity contribution < 1.29 is 4.39 Å². The van der Waals surface area contributed by atoms with Gasteiger partial charge in [0, 0.05) is 11.1 Å². The number of anilines is 1. The van der Waals surface area contributed by atoms with E-state index in [1.807, 2.05) is 19.9 Å². The van der Waals surface area contributed by atoms with E-state index in [0.717, 1.165) is 5.56 Å². The van der Waals surface area contributed by atoms with Crippen molar-refractivity contribution in [1.82, 2.24) is 10.2 Å². The number of hydrogen-bond donors (Lipinski definition) is 2. The van der Waals surface area contributed by atoms with E-state index in [4.69, 9.17) is 5.73 Å². The number of hydrogen-bond acceptors (Lipinski definition) is 2. The van der Waals surface area contributed by atoms with Gasteiger partial charge in [0.1, 0.15) is 11.6 Å². The number of benzene rings is 1. The number of nitrogens with one attached hydrogen (secondary N) is 1. The Balaban J connectivity index is 2.65. The van der Waals surface area contributed by atoms with Gasteiger partial charge in [0.15, 0.2) is 0 Å². The highest BCUT2D eigenvalue weighted by Gasteiger charge is 2.18. The first-order chi connectivity index (χ1) is 8.02. The predicted octanol–water partition coefficient (Wildman–Crippen LogP) is 3.23. The highest BCUT2D eigenvalue weighted by atomic mass is 19.1. The monoisotopic (exact) mass is 233 g/mol. The lowest BCUT2D eigenvalue weighted by molar-refractivity contribution is 0.621. The molecule has 1 aromatic carbocycles. The molecule has 0 unspecified atom stereocenters. The minimum Gasteiger partial charge on any atom is -0.382 e. The predicted molar refractivity (Wildman–Crippen MR) is 67.2 cm³/mol. The van der Waals surface area contributed by atoms with Crippen molar-refractivity contribution in [3.05, 3.63) is 35.1 Å². The van der Waals surface area contributed by atoms with E-state index in [-0.39, 0.29) is 11.7 Å². The molecule has 0 saturated carbocycles. The first-order valence-corrected chi connectivity index (χ1v) is 5.61. The van der Waals surface area contributed by atoms with Crippen LogP contribution >= 0.6 is 0 Å². The summed E-state index contributed by atoms with van der Waals surface area (Å²) in [6.45, 7) is 5.77. The molecule has 0 aliphatic carbocycles. The van der Waals surface area contributed by atoms with Crippen LogP contribution in [0.3, 0.4) is 0 Å². The maximum atomic E-state index is 14.1. The lowest BCUT2D eigenvalue weighted by atomic mass is 9.97. The van der Waals surface area contributed by atoms with Gasteiger partial charge in [-0.3, -0.25) is 5.10 Å². The highest BCUT2D eigenvalue weighted by molar-refractivity contribution is 5.70. The molecule has 90 valence electrons. The zero-order chi connectivity index (χ0) is 12.6. The van der Waals surface area contributed by atoms with Crippen LogP contribution < -0.4 is 5.73 Å². The Labute approximate surface area is 99.9 Å². The largest absolute Gasteiger partial charge is 0.382 e. The molecule has 4 heteroatoms. The number of nitrogens with zero attached hydrogens (tertiary/aromatic N) is 1. The molecular weight excluding hydrogens is 217 g/mol. The van der Waals surface area contributed by atoms with Gasteiger partial charge in [0.05, 0.1) is 5.69 Å². The van der Waals surface area contributed by atoms with E-state index in [9.17, 15) is 4.39 Å². The van der Waals surface area contributed by atoms with Crippen molar-refractivity contribution in [3.8, 4) is 11.3 Å². The van der Waals surface area contributed by atoms with Gasteiger partial charge in [0.2, 0.25) is 0 Å². The van der Waals surface area contributed by atoms with Crippen LogP contribution in [-0.2, 0) is 0 Å². The Bertz CT molecular complexity index is 544. The summed E-state index contributed by atoms with van der Waals surface area (Å²) in [6.07, 6.45) is 0. The molecule has 0 aliphatic heterocycles. The van der Waals surface area contributed by atoms with Crippen molar-refractivity contribution in [2.75, 3.05) is 5.73 Å². The third kappa shape index (κ3) is 1.90. The quantitative estimate of drug-likeness (QED) is 0.836. The number of H-pyrrole nitrogens is 1. The number of aromatic nitrogens is 2. The van der Waals surface area contributed by atoms with E-state index in [1.54, 1.807) is 19.1 Å². The zero-order valence-corrected chi connectivity index (χ0v) is 10.2. The summed E-state index contributed by atoms with van der Waals surface area (Å²) in [5.41, 5.74) is 8.49. The molecule has 2 rings (SSSR count). The van der Waals surface area contributed by atoms with Gasteiger partial charge in [-0.2, -0.15) is 5.10 Å². The fraction of sp³-hybridized carbons (Fsp3) is 0.308. The SMILES string of the molecule is Cc1cccc(-c2[nH]nc(N)c2C(C)C)c1F. The normalized spacial score (nSPS) is 11.1. The Morgan fingerprint density at radius 2 is 2.06 bits per heavy atom. The third-order valence-corrected chi connectivity index (χ3v) is 2.87. The number of nitrogens with two attached hydrogens (primary N) is 1. The summed E-state index contributed by atoms with van der Waals surface area (Å²) in [5, 5.41) is 6.80. The van der Waals surface area contributed by atoms with Crippen LogP contribution in [0.5, 0.6) is 0 Å². The maximum Gasteiger partial charge on any atom is 0.149 e. The summed E-state index contributed by atoms with van der Waals surface area (Å²) >= 11 is 0. The lowest BCUT2D eigenvalue weighted by Crippen LogP contribution is -1.97. The molecule has 0 atom stereocenters. The molecule has 0 aliphatic rings. The second-order valence-electron chi connectivity index (χ2n) is 4.49. The standard InChI is InChI=1S/C13H16FN3/c1-7(2)10-12(16-17-13(10)15)9-6-4-5-8(3)11(9)14/h4-7H,1-3H3,(H3,15,16,17). The molecule has 0 amide bonds. The van der Waals surface area contributed by atoms with Gasteiger partial charge >= 0.3 is 0 Å². The van der Waals surface area contributed by atoms with Crippen molar-refractivity contribution in [2.45, 2.75) is 26.7 Å². The number of aromatic amines is 1. The summed E-state index contributed by atoms with van der Waals surface area (Å²) in [7, 11) is 0. The third-order valence-electron chi connectivity index (χ3n) is 2.87. The van der Waals surface area contributed by atoms with Crippen LogP contribution in [0.15, 0.2) is 18.2 Å². The summed E-state index contributed by atoms with van der Waals surface area (Å²) in [6, 6.07) is 5.31. The average molecular weight is 233 g/mol. The molecule has 3 N–H and O–H groups in total. The zero-order valence-electron chi connectivity index (χ0n) is 10.2. The molecule has 0 fully saturated rings. The summed E-state index contributed by atoms with van der Waals surface area (Å²) < 4.78 is 14.1. The van der Waals surface area contributed by atoms with Crippen molar-refractivity contribution in [2.24, 2.45) is 0 Å². The summed E-state index contributed by atoms with van der Waals surface area (Å²) in [5.74, 6) is 0.414. The van der Waals surface area contributed by atoms with Gasteiger partial charge in [-0.1, -0.05) is 26.0 Å². The molecule has 17 heavy (non-hydrogen) atoms. The fourth-order valence-corrected chi connectivity index (χ4v) is 1.99. The topological polar surface area (TPSA) is 54.7 Å². The molecule has 0 spiro atoms. The fourth-order valence-electron chi connectivity index (χ4n) is 1.99. The number of nitrogen functional groups attached to an aromatic ring is 1. The van der Waals surface area contributed by atoms with Crippen LogP contribution in [-0.4, -0.2) is 10.2 Å². The minimum atomic E-state index is -0.224. The van der Waals surface area contributed by atoms with Crippen LogP contribution in [0.2, 0.25) is 0 Å². The lowest BCUT2D eigenvalue weighted by Gasteiger charge is -2.09. The number of aryl methyl sites for hydroxylation is 1. The molecule has 0 bridgehead atoms. The second-order valence-corrected chi connectivity index (χ2v) is 4.49. The van der Waals surface area contributed by atoms with Crippen LogP contribution in [0, 0.1) is 12.7 Å². The molecule has 3 nitrogen and oxygen atoms in total. The van der Waals surface area contributed by atoms with Crippen molar-refractivity contribution in [3.63, 3.8) is 0 Å². The molecule has 1 aromatic heterocycles. The number of rotatable bonds is 2. The van der Waals surface area contributed by atoms with Gasteiger partial charge in [-0.15, -0.1) is 0 Å². The second kappa shape index (κ2) is 4.20. The van der Waals surface area contributed by atoms with Gasteiger partial charge in [-0.05, 0) is 24.5 Å². The van der Waals surface area contributed by atoms with Crippen LogP contribution in [0.4, 0.5) is 10.2 Å². The van der Waals surface area contributed by atoms with Crippen molar-refractivity contribution >= 4 is 5.82 Å². The number of halogens is 1. The first-order valence-electron chi connectivity index (χ1n) is 5.61. The molecule has 1 heterocycles. The Morgan fingerprint density at radius 3 is 2.71 bits per heavy atom. The molecule has 0 saturated heterocycles. The first kappa shape index (κ1) is 11.6. The van der Waals surface area contributed by atoms with E-state index < -0.39 is 0 Å². The van der Waals surface area contributed by atoms with Gasteiger partial charge < -0.3 is 5.73 Å². The maximum absolute atomic E-state index is 14.1. The van der Waals surface area contributed by atoms with Gasteiger partial charge in [0.25, 0.3) is 0 Å². The Kier molecular flexibility index (Phi) is 2.88. The molecule has 0 radical (unpaired) electrons. The Hall–Kier alpha value is -1.84. The van der Waals surface area contributed by atoms with E-state index in [1.165, 1.54) is 0 Å².